The quantitative estimate of drug-likeness (QED) is 0.199. The summed E-state index contributed by atoms with van der Waals surface area (Å²) in [6.45, 7) is 6.47. The van der Waals surface area contributed by atoms with Crippen LogP contribution in [0.15, 0.2) is 18.5 Å². The third kappa shape index (κ3) is 7.16. The number of aryl methyl sites for hydroxylation is 1. The van der Waals surface area contributed by atoms with Crippen LogP contribution >= 0.6 is 7.82 Å². The van der Waals surface area contributed by atoms with Crippen LogP contribution in [0.3, 0.4) is 0 Å². The number of aliphatic hydroxyl groups excluding tert-OH is 1. The number of phosphoric ester groups is 1. The van der Waals surface area contributed by atoms with Gasteiger partial charge in [-0.05, 0) is 53.7 Å². The molecule has 0 aromatic carbocycles. The normalized spacial score (nSPS) is 24.1. The summed E-state index contributed by atoms with van der Waals surface area (Å²) in [5.74, 6) is 0. The highest BCUT2D eigenvalue weighted by Crippen LogP contribution is 2.52. The summed E-state index contributed by atoms with van der Waals surface area (Å²) in [5.41, 5.74) is -3.22. The number of phosphoric acid groups is 1. The molecule has 0 bridgehead atoms. The standard InChI is InChI=1S/C24H33N4O13P/c1-14(2)39-21(30)34-12-37-42(33,38-13-35-22(31)40-15(3)4)36-9-18-20(29)23(6,32)24(10-25,41-18)19-8-7-17-16(5)26-11-27-28(17)19/h7-8,11,14-15,18,20,29,32H,9,12-13H2,1-6H3/t18-,20-,23-,24+/m1/s1. The molecule has 232 valence electrons. The predicted molar refractivity (Wildman–Crippen MR) is 137 cm³/mol. The average Bonchev–Trinajstić information content (AvgIpc) is 3.41. The van der Waals surface area contributed by atoms with E-state index in [0.717, 1.165) is 0 Å². The third-order valence-electron chi connectivity index (χ3n) is 5.97. The summed E-state index contributed by atoms with van der Waals surface area (Å²) in [4.78, 5) is 27.4. The van der Waals surface area contributed by atoms with Gasteiger partial charge in [-0.1, -0.05) is 0 Å². The molecule has 2 N–H and O–H groups in total. The molecule has 17 nitrogen and oxygen atoms in total. The number of aromatic nitrogens is 3. The van der Waals surface area contributed by atoms with Crippen molar-refractivity contribution in [2.24, 2.45) is 0 Å². The number of carbonyl (C=O) groups excluding carboxylic acids is 2. The van der Waals surface area contributed by atoms with E-state index in [1.165, 1.54) is 23.8 Å². The first-order chi connectivity index (χ1) is 19.7. The van der Waals surface area contributed by atoms with Gasteiger partial charge in [0.05, 0.1) is 35.7 Å². The molecular formula is C24H33N4O13P. The second-order valence-electron chi connectivity index (χ2n) is 9.76. The highest BCUT2D eigenvalue weighted by atomic mass is 31.2. The van der Waals surface area contributed by atoms with Crippen molar-refractivity contribution < 1.29 is 61.6 Å². The highest BCUT2D eigenvalue weighted by molar-refractivity contribution is 7.48. The number of rotatable bonds is 12. The molecule has 0 aliphatic carbocycles. The fourth-order valence-corrected chi connectivity index (χ4v) is 4.87. The van der Waals surface area contributed by atoms with Gasteiger partial charge in [-0.3, -0.25) is 4.52 Å². The Morgan fingerprint density at radius 1 is 1.12 bits per heavy atom. The first kappa shape index (κ1) is 33.1. The van der Waals surface area contributed by atoms with Gasteiger partial charge >= 0.3 is 20.1 Å². The minimum absolute atomic E-state index is 0.0851. The Hall–Kier alpha value is -3.36. The van der Waals surface area contributed by atoms with Crippen LogP contribution in [0.2, 0.25) is 0 Å². The molecule has 2 aromatic heterocycles. The lowest BCUT2D eigenvalue weighted by atomic mass is 9.80. The van der Waals surface area contributed by atoms with Gasteiger partial charge in [0.25, 0.3) is 0 Å². The number of nitriles is 1. The van der Waals surface area contributed by atoms with E-state index in [1.807, 2.05) is 6.07 Å². The molecule has 42 heavy (non-hydrogen) atoms. The Kier molecular flexibility index (Phi) is 10.5. The van der Waals surface area contributed by atoms with Crippen LogP contribution in [0.4, 0.5) is 9.59 Å². The van der Waals surface area contributed by atoms with Crippen molar-refractivity contribution in [2.75, 3.05) is 20.2 Å². The number of nitrogens with zero attached hydrogens (tertiary/aromatic N) is 4. The largest absolute Gasteiger partial charge is 0.510 e. The predicted octanol–water partition coefficient (Wildman–Crippen LogP) is 2.46. The number of hydrogen-bond acceptors (Lipinski definition) is 16. The van der Waals surface area contributed by atoms with Crippen LogP contribution in [0.1, 0.15) is 46.0 Å². The molecule has 3 heterocycles. The maximum atomic E-state index is 13.3. The average molecular weight is 617 g/mol. The van der Waals surface area contributed by atoms with Gasteiger partial charge in [-0.25, -0.2) is 32.7 Å². The van der Waals surface area contributed by atoms with Gasteiger partial charge in [0.2, 0.25) is 19.2 Å². The third-order valence-corrected chi connectivity index (χ3v) is 7.28. The molecule has 2 aromatic rings. The van der Waals surface area contributed by atoms with Crippen LogP contribution in [-0.4, -0.2) is 87.3 Å². The van der Waals surface area contributed by atoms with Crippen LogP contribution in [-0.2, 0) is 47.4 Å². The van der Waals surface area contributed by atoms with Crippen LogP contribution < -0.4 is 0 Å². The lowest BCUT2D eigenvalue weighted by molar-refractivity contribution is -0.110. The van der Waals surface area contributed by atoms with Gasteiger partial charge in [0.15, 0.2) is 0 Å². The second-order valence-corrected chi connectivity index (χ2v) is 11.4. The van der Waals surface area contributed by atoms with Crippen LogP contribution in [0.5, 0.6) is 0 Å². The Morgan fingerprint density at radius 3 is 2.21 bits per heavy atom. The van der Waals surface area contributed by atoms with Crippen molar-refractivity contribution in [3.05, 3.63) is 29.8 Å². The van der Waals surface area contributed by atoms with Crippen LogP contribution in [0, 0.1) is 18.3 Å². The summed E-state index contributed by atoms with van der Waals surface area (Å²) in [6, 6.07) is 5.02. The van der Waals surface area contributed by atoms with E-state index in [2.05, 4.69) is 19.6 Å². The number of hydrogen-bond donors (Lipinski definition) is 2. The molecule has 0 spiro atoms. The summed E-state index contributed by atoms with van der Waals surface area (Å²) in [6.07, 6.45) is -5.31. The van der Waals surface area contributed by atoms with E-state index >= 15 is 0 Å². The molecule has 1 aliphatic heterocycles. The molecule has 0 radical (unpaired) electrons. The Bertz CT molecular complexity index is 1330. The maximum Gasteiger partial charge on any atom is 0.510 e. The number of fused-ring (bicyclic) bond motifs is 1. The number of carbonyl (C=O) groups is 2. The van der Waals surface area contributed by atoms with E-state index in [0.29, 0.717) is 11.2 Å². The molecule has 0 saturated carbocycles. The Labute approximate surface area is 240 Å². The van der Waals surface area contributed by atoms with Crippen molar-refractivity contribution in [1.82, 2.24) is 14.6 Å². The summed E-state index contributed by atoms with van der Waals surface area (Å²) < 4.78 is 54.7. The van der Waals surface area contributed by atoms with Gasteiger partial charge < -0.3 is 33.9 Å². The molecule has 1 saturated heterocycles. The molecule has 4 atom stereocenters. The molecule has 3 rings (SSSR count). The van der Waals surface area contributed by atoms with E-state index in [4.69, 9.17) is 27.8 Å². The van der Waals surface area contributed by atoms with E-state index in [9.17, 15) is 29.6 Å². The molecule has 1 aliphatic rings. The zero-order valence-corrected chi connectivity index (χ0v) is 24.7. The van der Waals surface area contributed by atoms with Gasteiger partial charge in [0.1, 0.15) is 30.2 Å². The van der Waals surface area contributed by atoms with Gasteiger partial charge in [-0.15, -0.1) is 0 Å². The van der Waals surface area contributed by atoms with Crippen molar-refractivity contribution in [3.63, 3.8) is 0 Å². The van der Waals surface area contributed by atoms with Gasteiger partial charge in [0, 0.05) is 0 Å². The lowest BCUT2D eigenvalue weighted by Gasteiger charge is -2.33. The van der Waals surface area contributed by atoms with Crippen molar-refractivity contribution in [3.8, 4) is 6.07 Å². The zero-order chi connectivity index (χ0) is 31.3. The monoisotopic (exact) mass is 616 g/mol. The number of ether oxygens (including phenoxy) is 5. The van der Waals surface area contributed by atoms with E-state index < -0.39 is 75.9 Å². The van der Waals surface area contributed by atoms with Crippen molar-refractivity contribution in [1.29, 1.82) is 5.26 Å². The first-order valence-corrected chi connectivity index (χ1v) is 14.1. The molecule has 18 heteroatoms. The molecule has 0 unspecified atom stereocenters. The minimum atomic E-state index is -4.72. The van der Waals surface area contributed by atoms with E-state index in [1.54, 1.807) is 40.7 Å². The highest BCUT2D eigenvalue weighted by Gasteiger charge is 2.65. The fourth-order valence-electron chi connectivity index (χ4n) is 3.95. The molecule has 1 fully saturated rings. The SMILES string of the molecule is Cc1ncnn2c([C@]3(C#N)O[C@H](COP(=O)(OCOC(=O)OC(C)C)OCOC(=O)OC(C)C)[C@@H](O)[C@@]3(C)O)ccc12. The summed E-state index contributed by atoms with van der Waals surface area (Å²) in [7, 11) is -4.72. The summed E-state index contributed by atoms with van der Waals surface area (Å²) >= 11 is 0. The molecule has 0 amide bonds. The summed E-state index contributed by atoms with van der Waals surface area (Å²) in [5, 5.41) is 36.7. The Morgan fingerprint density at radius 2 is 1.69 bits per heavy atom. The maximum absolute atomic E-state index is 13.3. The zero-order valence-electron chi connectivity index (χ0n) is 23.8. The van der Waals surface area contributed by atoms with Crippen molar-refractivity contribution in [2.45, 2.75) is 77.2 Å². The van der Waals surface area contributed by atoms with Gasteiger partial charge in [-0.2, -0.15) is 10.4 Å². The Balaban J connectivity index is 1.78. The van der Waals surface area contributed by atoms with E-state index in [-0.39, 0.29) is 5.69 Å². The minimum Gasteiger partial charge on any atom is -0.432 e. The second kappa shape index (κ2) is 13.3. The first-order valence-electron chi connectivity index (χ1n) is 12.7. The topological polar surface area (TPSA) is 219 Å². The van der Waals surface area contributed by atoms with Crippen molar-refractivity contribution >= 4 is 25.7 Å². The fraction of sp³-hybridized carbons (Fsp3) is 0.625. The lowest BCUT2D eigenvalue weighted by Crippen LogP contribution is -2.52. The van der Waals surface area contributed by atoms with Crippen LogP contribution in [0.25, 0.3) is 5.52 Å². The smallest absolute Gasteiger partial charge is 0.432 e. The number of aliphatic hydroxyl groups is 2. The molecular weight excluding hydrogens is 583 g/mol.